The highest BCUT2D eigenvalue weighted by molar-refractivity contribution is 7.52. The fourth-order valence-electron chi connectivity index (χ4n) is 4.25. The maximum absolute atomic E-state index is 16.2. The van der Waals surface area contributed by atoms with Crippen LogP contribution >= 0.6 is 7.75 Å². The molecule has 15 heteroatoms. The lowest BCUT2D eigenvalue weighted by molar-refractivity contribution is -0.144. The number of halogens is 1. The molecule has 13 nitrogen and oxygen atoms in total. The third-order valence-corrected chi connectivity index (χ3v) is 7.94. The second-order valence-corrected chi connectivity index (χ2v) is 10.6. The number of hydrogen-bond donors (Lipinski definition) is 3. The van der Waals surface area contributed by atoms with Crippen LogP contribution in [0.25, 0.3) is 5.52 Å². The van der Waals surface area contributed by atoms with Crippen molar-refractivity contribution < 1.29 is 37.4 Å². The first-order valence-corrected chi connectivity index (χ1v) is 13.5. The highest BCUT2D eigenvalue weighted by Crippen LogP contribution is 2.51. The van der Waals surface area contributed by atoms with Crippen molar-refractivity contribution >= 4 is 25.1 Å². The van der Waals surface area contributed by atoms with Crippen molar-refractivity contribution in [2.45, 2.75) is 50.3 Å². The first-order valence-electron chi connectivity index (χ1n) is 12.0. The van der Waals surface area contributed by atoms with E-state index in [2.05, 4.69) is 15.2 Å². The molecule has 3 aromatic rings. The molecule has 0 bridgehead atoms. The number of para-hydroxylation sites is 1. The number of nitriles is 1. The topological polar surface area (TPSA) is 183 Å². The van der Waals surface area contributed by atoms with Gasteiger partial charge in [-0.05, 0) is 45.0 Å². The second kappa shape index (κ2) is 10.9. The molecule has 39 heavy (non-hydrogen) atoms. The van der Waals surface area contributed by atoms with Crippen LogP contribution in [0.4, 0.5) is 10.2 Å². The number of carbonyl (C=O) groups is 1. The summed E-state index contributed by atoms with van der Waals surface area (Å²) >= 11 is 0. The molecule has 0 saturated carbocycles. The highest BCUT2D eigenvalue weighted by atomic mass is 31.2. The van der Waals surface area contributed by atoms with Gasteiger partial charge in [0.05, 0.1) is 18.9 Å². The van der Waals surface area contributed by atoms with E-state index in [1.54, 1.807) is 25.1 Å². The van der Waals surface area contributed by atoms with Crippen molar-refractivity contribution in [1.29, 1.82) is 5.26 Å². The number of nitrogens with two attached hydrogens (primary N) is 1. The number of benzene rings is 1. The number of ether oxygens (including phenoxy) is 2. The Bertz CT molecular complexity index is 1430. The van der Waals surface area contributed by atoms with Gasteiger partial charge in [0, 0.05) is 0 Å². The number of nitrogens with one attached hydrogen (secondary N) is 1. The standard InChI is InChI=1S/C24H28FN6O7P/c1-4-35-22(33)15(2)30-39(34,38-16-8-6-5-7-9-16)36-12-18-20(32)23(3,25)24(13-26,37-18)19-11-10-17-21(27)28-14-29-31(17)19/h5-11,14-15,18,20,32H,4,12H2,1-3H3,(H,30,34)(H2,27,28,29)/t15-,18+,20+,23+,24-,39?/m0/s1. The fraction of sp³-hybridized carbons (Fsp3) is 0.417. The van der Waals surface area contributed by atoms with E-state index in [-0.39, 0.29) is 23.9 Å². The number of esters is 1. The van der Waals surface area contributed by atoms with Gasteiger partial charge in [0.1, 0.15) is 41.9 Å². The predicted molar refractivity (Wildman–Crippen MR) is 135 cm³/mol. The summed E-state index contributed by atoms with van der Waals surface area (Å²) in [5.74, 6) is -0.476. The summed E-state index contributed by atoms with van der Waals surface area (Å²) < 4.78 is 53.0. The predicted octanol–water partition coefficient (Wildman–Crippen LogP) is 2.26. The van der Waals surface area contributed by atoms with E-state index >= 15 is 4.39 Å². The monoisotopic (exact) mass is 562 g/mol. The summed E-state index contributed by atoms with van der Waals surface area (Å²) in [7, 11) is -4.34. The average molecular weight is 562 g/mol. The zero-order valence-corrected chi connectivity index (χ0v) is 22.2. The molecule has 0 spiro atoms. The molecule has 0 amide bonds. The van der Waals surface area contributed by atoms with Crippen LogP contribution in [0.15, 0.2) is 48.8 Å². The van der Waals surface area contributed by atoms with Gasteiger partial charge in [-0.2, -0.15) is 15.4 Å². The lowest BCUT2D eigenvalue weighted by Crippen LogP contribution is -2.48. The molecule has 208 valence electrons. The summed E-state index contributed by atoms with van der Waals surface area (Å²) in [6.07, 6.45) is -2.27. The average Bonchev–Trinajstić information content (AvgIpc) is 3.42. The smallest absolute Gasteiger partial charge is 0.459 e. The molecule has 1 aromatic carbocycles. The van der Waals surface area contributed by atoms with Crippen molar-refractivity contribution in [3.63, 3.8) is 0 Å². The normalized spacial score (nSPS) is 27.0. The van der Waals surface area contributed by atoms with Crippen LogP contribution in [0.2, 0.25) is 0 Å². The first kappa shape index (κ1) is 28.4. The minimum atomic E-state index is -4.34. The van der Waals surface area contributed by atoms with Crippen molar-refractivity contribution in [2.24, 2.45) is 0 Å². The number of aliphatic hydroxyl groups is 1. The van der Waals surface area contributed by atoms with Gasteiger partial charge in [-0.1, -0.05) is 18.2 Å². The molecule has 4 N–H and O–H groups in total. The van der Waals surface area contributed by atoms with Crippen LogP contribution in [0, 0.1) is 11.3 Å². The molecular formula is C24H28FN6O7P. The van der Waals surface area contributed by atoms with E-state index in [4.69, 9.17) is 24.3 Å². The van der Waals surface area contributed by atoms with E-state index in [0.717, 1.165) is 13.3 Å². The lowest BCUT2D eigenvalue weighted by atomic mass is 9.82. The zero-order valence-electron chi connectivity index (χ0n) is 21.4. The Morgan fingerprint density at radius 2 is 2.10 bits per heavy atom. The van der Waals surface area contributed by atoms with Crippen LogP contribution in [-0.2, 0) is 29.0 Å². The van der Waals surface area contributed by atoms with Gasteiger partial charge in [-0.3, -0.25) is 9.32 Å². The van der Waals surface area contributed by atoms with Crippen molar-refractivity contribution in [1.82, 2.24) is 19.7 Å². The summed E-state index contributed by atoms with van der Waals surface area (Å²) in [6.45, 7) is 3.43. The van der Waals surface area contributed by atoms with E-state index in [9.17, 15) is 19.7 Å². The number of aliphatic hydroxyl groups excluding tert-OH is 1. The molecule has 0 aliphatic carbocycles. The molecule has 1 aliphatic rings. The zero-order chi connectivity index (χ0) is 28.4. The van der Waals surface area contributed by atoms with Gasteiger partial charge in [0.15, 0.2) is 11.5 Å². The Morgan fingerprint density at radius 3 is 2.77 bits per heavy atom. The van der Waals surface area contributed by atoms with Gasteiger partial charge >= 0.3 is 13.7 Å². The Labute approximate surface area is 223 Å². The molecule has 0 radical (unpaired) electrons. The van der Waals surface area contributed by atoms with Gasteiger partial charge in [-0.25, -0.2) is 18.5 Å². The van der Waals surface area contributed by atoms with Crippen LogP contribution in [0.5, 0.6) is 5.75 Å². The minimum Gasteiger partial charge on any atom is -0.465 e. The number of carbonyl (C=O) groups excluding carboxylic acids is 1. The van der Waals surface area contributed by atoms with Gasteiger partial charge in [0.25, 0.3) is 0 Å². The number of aromatic nitrogens is 3. The van der Waals surface area contributed by atoms with E-state index < -0.39 is 49.8 Å². The highest BCUT2D eigenvalue weighted by Gasteiger charge is 2.67. The third-order valence-electron chi connectivity index (χ3n) is 6.29. The van der Waals surface area contributed by atoms with Gasteiger partial charge in [-0.15, -0.1) is 0 Å². The molecule has 1 fully saturated rings. The Kier molecular flexibility index (Phi) is 7.92. The SMILES string of the molecule is CCOC(=O)[C@H](C)NP(=O)(OC[C@H]1O[C@@](C#N)(c2ccc3c(N)ncnn23)[C@](C)(F)[C@@H]1O)Oc1ccccc1. The molecule has 1 aliphatic heterocycles. The number of nitrogen functional groups attached to an aromatic ring is 1. The number of nitrogens with zero attached hydrogens (tertiary/aromatic N) is 4. The summed E-state index contributed by atoms with van der Waals surface area (Å²) in [4.78, 5) is 16.0. The fourth-order valence-corrected chi connectivity index (χ4v) is 5.75. The maximum Gasteiger partial charge on any atom is 0.459 e. The van der Waals surface area contributed by atoms with Crippen LogP contribution in [-0.4, -0.2) is 62.8 Å². The molecular weight excluding hydrogens is 534 g/mol. The summed E-state index contributed by atoms with van der Waals surface area (Å²) in [5, 5.41) is 27.6. The minimum absolute atomic E-state index is 0.0431. The largest absolute Gasteiger partial charge is 0.465 e. The van der Waals surface area contributed by atoms with E-state index in [1.807, 2.05) is 6.07 Å². The Balaban J connectivity index is 1.62. The van der Waals surface area contributed by atoms with Crippen LogP contribution in [0.1, 0.15) is 26.5 Å². The second-order valence-electron chi connectivity index (χ2n) is 8.93. The molecule has 6 atom stereocenters. The van der Waals surface area contributed by atoms with E-state index in [0.29, 0.717) is 5.52 Å². The van der Waals surface area contributed by atoms with Gasteiger partial charge < -0.3 is 24.8 Å². The Hall–Kier alpha value is -3.60. The quantitative estimate of drug-likeness (QED) is 0.242. The van der Waals surface area contributed by atoms with Crippen LogP contribution < -0.4 is 15.3 Å². The molecule has 3 heterocycles. The Morgan fingerprint density at radius 1 is 1.38 bits per heavy atom. The van der Waals surface area contributed by atoms with E-state index in [1.165, 1.54) is 35.7 Å². The maximum atomic E-state index is 16.2. The number of anilines is 1. The molecule has 2 aromatic heterocycles. The third kappa shape index (κ3) is 5.19. The van der Waals surface area contributed by atoms with Gasteiger partial charge in [0.2, 0.25) is 5.60 Å². The molecule has 1 unspecified atom stereocenters. The molecule has 4 rings (SSSR count). The summed E-state index contributed by atoms with van der Waals surface area (Å²) in [6, 6.07) is 11.6. The summed E-state index contributed by atoms with van der Waals surface area (Å²) in [5.41, 5.74) is 1.09. The number of rotatable bonds is 10. The number of fused-ring (bicyclic) bond motifs is 1. The van der Waals surface area contributed by atoms with Crippen molar-refractivity contribution in [2.75, 3.05) is 18.9 Å². The van der Waals surface area contributed by atoms with Crippen LogP contribution in [0.3, 0.4) is 0 Å². The molecule has 1 saturated heterocycles. The van der Waals surface area contributed by atoms with Crippen molar-refractivity contribution in [3.05, 3.63) is 54.5 Å². The number of hydrogen-bond acceptors (Lipinski definition) is 11. The van der Waals surface area contributed by atoms with Crippen molar-refractivity contribution in [3.8, 4) is 11.8 Å². The first-order chi connectivity index (χ1) is 18.5. The number of alkyl halides is 1. The lowest BCUT2D eigenvalue weighted by Gasteiger charge is -2.30.